The largest absolute Gasteiger partial charge is 0.395 e. The second-order valence-electron chi connectivity index (χ2n) is 4.09. The van der Waals surface area contributed by atoms with Crippen molar-refractivity contribution in [2.75, 3.05) is 44.2 Å². The molecule has 1 aromatic rings. The van der Waals surface area contributed by atoms with Crippen LogP contribution in [0.2, 0.25) is 0 Å². The molecule has 0 aromatic carbocycles. The molecule has 1 aliphatic heterocycles. The minimum atomic E-state index is -0.0719. The minimum absolute atomic E-state index is 0.0719. The average molecular weight is 238 g/mol. The fourth-order valence-corrected chi connectivity index (χ4v) is 1.95. The molecule has 2 N–H and O–H groups in total. The van der Waals surface area contributed by atoms with Crippen molar-refractivity contribution in [2.24, 2.45) is 0 Å². The molecule has 17 heavy (non-hydrogen) atoms. The van der Waals surface area contributed by atoms with Crippen molar-refractivity contribution >= 4 is 5.82 Å². The van der Waals surface area contributed by atoms with Gasteiger partial charge < -0.3 is 15.1 Å². The van der Waals surface area contributed by atoms with Gasteiger partial charge in [-0.3, -0.25) is 4.90 Å². The lowest BCUT2D eigenvalue weighted by molar-refractivity contribution is 0.188. The van der Waals surface area contributed by atoms with Crippen LogP contribution in [0, 0.1) is 0 Å². The van der Waals surface area contributed by atoms with Crippen LogP contribution in [0.5, 0.6) is 0 Å². The number of hydrogen-bond donors (Lipinski definition) is 2. The number of nitrogens with zero attached hydrogens (tertiary/aromatic N) is 4. The van der Waals surface area contributed by atoms with Crippen molar-refractivity contribution in [3.8, 4) is 0 Å². The van der Waals surface area contributed by atoms with Crippen LogP contribution in [0.4, 0.5) is 5.82 Å². The highest BCUT2D eigenvalue weighted by Crippen LogP contribution is 2.12. The zero-order chi connectivity index (χ0) is 12.1. The van der Waals surface area contributed by atoms with Gasteiger partial charge in [-0.2, -0.15) is 5.10 Å². The van der Waals surface area contributed by atoms with Crippen molar-refractivity contribution in [2.45, 2.75) is 6.61 Å². The quantitative estimate of drug-likeness (QED) is 0.707. The third kappa shape index (κ3) is 3.12. The lowest BCUT2D eigenvalue weighted by Gasteiger charge is -2.34. The van der Waals surface area contributed by atoms with Crippen LogP contribution in [0.3, 0.4) is 0 Å². The standard InChI is InChI=1S/C11H18N4O2/c16-8-7-14-3-5-15(6-4-14)11-2-1-10(9-17)12-13-11/h1-2,16-17H,3-9H2. The van der Waals surface area contributed by atoms with Crippen LogP contribution in [-0.2, 0) is 6.61 Å². The van der Waals surface area contributed by atoms with Gasteiger partial charge in [-0.05, 0) is 12.1 Å². The lowest BCUT2D eigenvalue weighted by Crippen LogP contribution is -2.47. The Morgan fingerprint density at radius 3 is 2.35 bits per heavy atom. The first kappa shape index (κ1) is 12.2. The second-order valence-corrected chi connectivity index (χ2v) is 4.09. The van der Waals surface area contributed by atoms with E-state index in [0.29, 0.717) is 5.69 Å². The smallest absolute Gasteiger partial charge is 0.151 e. The molecule has 2 rings (SSSR count). The maximum atomic E-state index is 8.89. The van der Waals surface area contributed by atoms with Crippen molar-refractivity contribution in [3.05, 3.63) is 17.8 Å². The molecule has 1 aromatic heterocycles. The van der Waals surface area contributed by atoms with E-state index in [-0.39, 0.29) is 13.2 Å². The van der Waals surface area contributed by atoms with Crippen molar-refractivity contribution < 1.29 is 10.2 Å². The van der Waals surface area contributed by atoms with Gasteiger partial charge in [0.1, 0.15) is 0 Å². The van der Waals surface area contributed by atoms with Gasteiger partial charge >= 0.3 is 0 Å². The second kappa shape index (κ2) is 5.90. The predicted octanol–water partition coefficient (Wildman–Crippen LogP) is -0.917. The van der Waals surface area contributed by atoms with E-state index in [1.54, 1.807) is 6.07 Å². The Kier molecular flexibility index (Phi) is 4.24. The summed E-state index contributed by atoms with van der Waals surface area (Å²) in [4.78, 5) is 4.40. The molecule has 2 heterocycles. The molecule has 0 amide bonds. The SMILES string of the molecule is OCCN1CCN(c2ccc(CO)nn2)CC1. The summed E-state index contributed by atoms with van der Waals surface area (Å²) in [6.07, 6.45) is 0. The average Bonchev–Trinajstić information content (AvgIpc) is 2.40. The monoisotopic (exact) mass is 238 g/mol. The van der Waals surface area contributed by atoms with Gasteiger partial charge in [0.15, 0.2) is 5.82 Å². The van der Waals surface area contributed by atoms with E-state index in [4.69, 9.17) is 10.2 Å². The fraction of sp³-hybridized carbons (Fsp3) is 0.636. The third-order valence-electron chi connectivity index (χ3n) is 2.98. The van der Waals surface area contributed by atoms with E-state index in [9.17, 15) is 0 Å². The Bertz CT molecular complexity index is 336. The summed E-state index contributed by atoms with van der Waals surface area (Å²) in [5, 5.41) is 25.8. The first-order valence-corrected chi connectivity index (χ1v) is 5.85. The summed E-state index contributed by atoms with van der Waals surface area (Å²) in [6, 6.07) is 3.68. The summed E-state index contributed by atoms with van der Waals surface area (Å²) < 4.78 is 0. The molecule has 1 fully saturated rings. The molecular weight excluding hydrogens is 220 g/mol. The van der Waals surface area contributed by atoms with E-state index in [0.717, 1.165) is 38.5 Å². The highest BCUT2D eigenvalue weighted by Gasteiger charge is 2.17. The summed E-state index contributed by atoms with van der Waals surface area (Å²) in [6.45, 7) is 4.54. The van der Waals surface area contributed by atoms with Gasteiger partial charge in [0.2, 0.25) is 0 Å². The lowest BCUT2D eigenvalue weighted by atomic mass is 10.3. The van der Waals surface area contributed by atoms with Crippen molar-refractivity contribution in [1.29, 1.82) is 0 Å². The Balaban J connectivity index is 1.91. The molecule has 0 radical (unpaired) electrons. The molecule has 94 valence electrons. The number of anilines is 1. The zero-order valence-electron chi connectivity index (χ0n) is 9.79. The van der Waals surface area contributed by atoms with Crippen LogP contribution in [0.15, 0.2) is 12.1 Å². The van der Waals surface area contributed by atoms with Gasteiger partial charge in [-0.1, -0.05) is 0 Å². The van der Waals surface area contributed by atoms with Crippen LogP contribution in [-0.4, -0.2) is 64.6 Å². The number of rotatable bonds is 4. The maximum Gasteiger partial charge on any atom is 0.151 e. The van der Waals surface area contributed by atoms with Crippen molar-refractivity contribution in [1.82, 2.24) is 15.1 Å². The molecule has 6 heteroatoms. The molecule has 1 saturated heterocycles. The van der Waals surface area contributed by atoms with Gasteiger partial charge in [-0.15, -0.1) is 5.10 Å². The third-order valence-corrected chi connectivity index (χ3v) is 2.98. The molecule has 0 saturated carbocycles. The fourth-order valence-electron chi connectivity index (χ4n) is 1.95. The van der Waals surface area contributed by atoms with Gasteiger partial charge in [-0.25, -0.2) is 0 Å². The predicted molar refractivity (Wildman–Crippen MR) is 63.7 cm³/mol. The van der Waals surface area contributed by atoms with Gasteiger partial charge in [0.25, 0.3) is 0 Å². The van der Waals surface area contributed by atoms with E-state index in [1.807, 2.05) is 6.07 Å². The molecule has 0 aliphatic carbocycles. The number of aromatic nitrogens is 2. The van der Waals surface area contributed by atoms with Crippen LogP contribution >= 0.6 is 0 Å². The number of aliphatic hydroxyl groups is 2. The Hall–Kier alpha value is -1.24. The summed E-state index contributed by atoms with van der Waals surface area (Å²) in [5.74, 6) is 0.853. The molecular formula is C11H18N4O2. The highest BCUT2D eigenvalue weighted by molar-refractivity contribution is 5.37. The van der Waals surface area contributed by atoms with E-state index >= 15 is 0 Å². The first-order valence-electron chi connectivity index (χ1n) is 5.85. The van der Waals surface area contributed by atoms with Gasteiger partial charge in [0, 0.05) is 32.7 Å². The van der Waals surface area contributed by atoms with Gasteiger partial charge in [0.05, 0.1) is 18.9 Å². The molecule has 1 aliphatic rings. The number of hydrogen-bond acceptors (Lipinski definition) is 6. The van der Waals surface area contributed by atoms with E-state index in [1.165, 1.54) is 0 Å². The van der Waals surface area contributed by atoms with Crippen LogP contribution < -0.4 is 4.90 Å². The summed E-state index contributed by atoms with van der Waals surface area (Å²) >= 11 is 0. The van der Waals surface area contributed by atoms with Crippen LogP contribution in [0.25, 0.3) is 0 Å². The molecule has 0 unspecified atom stereocenters. The first-order chi connectivity index (χ1) is 8.33. The molecule has 0 spiro atoms. The number of piperazine rings is 1. The topological polar surface area (TPSA) is 72.7 Å². The Labute approximate surface area is 100 Å². The van der Waals surface area contributed by atoms with Crippen molar-refractivity contribution in [3.63, 3.8) is 0 Å². The molecule has 0 bridgehead atoms. The number of aliphatic hydroxyl groups excluding tert-OH is 2. The summed E-state index contributed by atoms with van der Waals surface area (Å²) in [7, 11) is 0. The Morgan fingerprint density at radius 2 is 1.82 bits per heavy atom. The van der Waals surface area contributed by atoms with Crippen LogP contribution in [0.1, 0.15) is 5.69 Å². The maximum absolute atomic E-state index is 8.89. The number of β-amino-alcohol motifs (C(OH)–C–C–N with tert-alkyl or cyclic N) is 1. The zero-order valence-corrected chi connectivity index (χ0v) is 9.79. The van der Waals surface area contributed by atoms with E-state index < -0.39 is 0 Å². The normalized spacial score (nSPS) is 17.4. The minimum Gasteiger partial charge on any atom is -0.395 e. The summed E-state index contributed by atoms with van der Waals surface area (Å²) in [5.41, 5.74) is 0.590. The molecule has 0 atom stereocenters. The Morgan fingerprint density at radius 1 is 1.06 bits per heavy atom. The van der Waals surface area contributed by atoms with E-state index in [2.05, 4.69) is 20.0 Å². The molecule has 6 nitrogen and oxygen atoms in total. The highest BCUT2D eigenvalue weighted by atomic mass is 16.3.